The number of hydrogen-bond acceptors (Lipinski definition) is 5. The maximum atomic E-state index is 14.2. The third kappa shape index (κ3) is 9.02. The lowest BCUT2D eigenvalue weighted by molar-refractivity contribution is -0.139. The molecule has 0 saturated carbocycles. The first kappa shape index (κ1) is 34.8. The van der Waals surface area contributed by atoms with Crippen molar-refractivity contribution >= 4 is 50.7 Å². The minimum absolute atomic E-state index is 0.000357. The Morgan fingerprint density at radius 1 is 0.870 bits per heavy atom. The summed E-state index contributed by atoms with van der Waals surface area (Å²) < 4.78 is 35.2. The van der Waals surface area contributed by atoms with E-state index in [1.54, 1.807) is 61.5 Å². The van der Waals surface area contributed by atoms with Crippen LogP contribution in [-0.2, 0) is 26.2 Å². The molecule has 242 valence electrons. The predicted octanol–water partition coefficient (Wildman–Crippen LogP) is 7.62. The molecule has 46 heavy (non-hydrogen) atoms. The van der Waals surface area contributed by atoms with Gasteiger partial charge in [0.2, 0.25) is 11.8 Å². The van der Waals surface area contributed by atoms with Gasteiger partial charge in [-0.15, -0.1) is 0 Å². The number of amides is 2. The van der Waals surface area contributed by atoms with Gasteiger partial charge >= 0.3 is 0 Å². The highest BCUT2D eigenvalue weighted by atomic mass is 35.5. The van der Waals surface area contributed by atoms with Gasteiger partial charge in [0.25, 0.3) is 10.0 Å². The van der Waals surface area contributed by atoms with E-state index in [1.165, 1.54) is 17.0 Å². The third-order valence-electron chi connectivity index (χ3n) is 7.33. The number of hydrogen-bond donors (Lipinski definition) is 1. The standard InChI is InChI=1S/C35H37Cl2N3O5S/c1-4-5-21-38-35(42)26(3)39(23-27-13-20-32(36)33(37)22-27)34(41)24-40(46(43,44)31-18-11-25(2)12-19-31)28-14-16-30(17-15-28)45-29-9-7-6-8-10-29/h6-20,22,26H,4-5,21,23-24H2,1-3H3,(H,38,42)/t26-/m0/s1. The van der Waals surface area contributed by atoms with Crippen LogP contribution in [0.1, 0.15) is 37.8 Å². The number of para-hydroxylation sites is 1. The first-order valence-corrected chi connectivity index (χ1v) is 17.1. The molecule has 0 aliphatic heterocycles. The smallest absolute Gasteiger partial charge is 0.264 e. The Kier molecular flexibility index (Phi) is 12.1. The molecule has 2 amide bonds. The molecule has 4 aromatic carbocycles. The van der Waals surface area contributed by atoms with Gasteiger partial charge in [-0.3, -0.25) is 13.9 Å². The lowest BCUT2D eigenvalue weighted by Gasteiger charge is -2.32. The summed E-state index contributed by atoms with van der Waals surface area (Å²) in [7, 11) is -4.21. The third-order valence-corrected chi connectivity index (χ3v) is 9.85. The van der Waals surface area contributed by atoms with Crippen molar-refractivity contribution in [3.05, 3.63) is 118 Å². The number of sulfonamides is 1. The van der Waals surface area contributed by atoms with Crippen LogP contribution in [0.4, 0.5) is 5.69 Å². The van der Waals surface area contributed by atoms with Crippen LogP contribution < -0.4 is 14.4 Å². The SMILES string of the molecule is CCCCNC(=O)[C@H](C)N(Cc1ccc(Cl)c(Cl)c1)C(=O)CN(c1ccc(Oc2ccccc2)cc1)S(=O)(=O)c1ccc(C)cc1. The molecule has 8 nitrogen and oxygen atoms in total. The number of carbonyl (C=O) groups is 2. The van der Waals surface area contributed by atoms with Gasteiger partial charge in [0.1, 0.15) is 24.1 Å². The van der Waals surface area contributed by atoms with Crippen LogP contribution in [0.5, 0.6) is 11.5 Å². The highest BCUT2D eigenvalue weighted by molar-refractivity contribution is 7.92. The van der Waals surface area contributed by atoms with Gasteiger partial charge in [-0.2, -0.15) is 0 Å². The average molecular weight is 683 g/mol. The Morgan fingerprint density at radius 3 is 2.15 bits per heavy atom. The van der Waals surface area contributed by atoms with Crippen LogP contribution in [0.2, 0.25) is 10.0 Å². The summed E-state index contributed by atoms with van der Waals surface area (Å²) in [6.07, 6.45) is 1.67. The molecule has 1 N–H and O–H groups in total. The van der Waals surface area contributed by atoms with Gasteiger partial charge in [-0.05, 0) is 86.5 Å². The molecular weight excluding hydrogens is 645 g/mol. The number of halogens is 2. The Morgan fingerprint density at radius 2 is 1.52 bits per heavy atom. The van der Waals surface area contributed by atoms with Crippen LogP contribution >= 0.6 is 23.2 Å². The van der Waals surface area contributed by atoms with Gasteiger partial charge in [0.05, 0.1) is 20.6 Å². The molecule has 4 rings (SSSR count). The van der Waals surface area contributed by atoms with Crippen molar-refractivity contribution in [3.8, 4) is 11.5 Å². The number of rotatable bonds is 14. The van der Waals surface area contributed by atoms with E-state index >= 15 is 0 Å². The molecule has 0 bridgehead atoms. The van der Waals surface area contributed by atoms with Crippen molar-refractivity contribution in [2.24, 2.45) is 0 Å². The van der Waals surface area contributed by atoms with Gasteiger partial charge in [0, 0.05) is 13.1 Å². The highest BCUT2D eigenvalue weighted by Crippen LogP contribution is 2.29. The van der Waals surface area contributed by atoms with E-state index in [0.717, 1.165) is 22.7 Å². The molecule has 0 unspecified atom stereocenters. The molecule has 0 aliphatic carbocycles. The fourth-order valence-corrected chi connectivity index (χ4v) is 6.36. The number of nitrogens with one attached hydrogen (secondary N) is 1. The summed E-state index contributed by atoms with van der Waals surface area (Å²) in [6, 6.07) is 26.1. The summed E-state index contributed by atoms with van der Waals surface area (Å²) in [5.74, 6) is 0.188. The minimum Gasteiger partial charge on any atom is -0.457 e. The average Bonchev–Trinajstić information content (AvgIpc) is 3.05. The molecule has 4 aromatic rings. The summed E-state index contributed by atoms with van der Waals surface area (Å²) in [6.45, 7) is 5.38. The molecule has 0 heterocycles. The van der Waals surface area contributed by atoms with E-state index in [0.29, 0.717) is 33.7 Å². The zero-order valence-corrected chi connectivity index (χ0v) is 28.3. The van der Waals surface area contributed by atoms with Crippen LogP contribution in [0.3, 0.4) is 0 Å². The Labute approximate surface area is 280 Å². The van der Waals surface area contributed by atoms with Crippen LogP contribution in [0.25, 0.3) is 0 Å². The van der Waals surface area contributed by atoms with Gasteiger partial charge in [-0.1, -0.05) is 78.5 Å². The molecule has 0 aliphatic rings. The van der Waals surface area contributed by atoms with Crippen molar-refractivity contribution in [1.82, 2.24) is 10.2 Å². The summed E-state index contributed by atoms with van der Waals surface area (Å²) in [5, 5.41) is 3.52. The van der Waals surface area contributed by atoms with Crippen molar-refractivity contribution in [2.45, 2.75) is 51.1 Å². The lowest BCUT2D eigenvalue weighted by Crippen LogP contribution is -2.51. The van der Waals surface area contributed by atoms with Gasteiger partial charge in [0.15, 0.2) is 0 Å². The van der Waals surface area contributed by atoms with E-state index in [9.17, 15) is 18.0 Å². The fourth-order valence-electron chi connectivity index (χ4n) is 4.62. The van der Waals surface area contributed by atoms with E-state index < -0.39 is 28.5 Å². The van der Waals surface area contributed by atoms with Crippen LogP contribution in [0.15, 0.2) is 102 Å². The van der Waals surface area contributed by atoms with Crippen molar-refractivity contribution in [1.29, 1.82) is 0 Å². The van der Waals surface area contributed by atoms with Gasteiger partial charge in [-0.25, -0.2) is 8.42 Å². The van der Waals surface area contributed by atoms with Crippen molar-refractivity contribution in [3.63, 3.8) is 0 Å². The Balaban J connectivity index is 1.70. The van der Waals surface area contributed by atoms with Gasteiger partial charge < -0.3 is 15.0 Å². The van der Waals surface area contributed by atoms with E-state index in [1.807, 2.05) is 44.2 Å². The highest BCUT2D eigenvalue weighted by Gasteiger charge is 2.32. The van der Waals surface area contributed by atoms with Crippen molar-refractivity contribution in [2.75, 3.05) is 17.4 Å². The van der Waals surface area contributed by atoms with E-state index in [4.69, 9.17) is 27.9 Å². The summed E-state index contributed by atoms with van der Waals surface area (Å²) >= 11 is 12.4. The minimum atomic E-state index is -4.21. The molecule has 0 saturated heterocycles. The maximum absolute atomic E-state index is 14.2. The largest absolute Gasteiger partial charge is 0.457 e. The zero-order chi connectivity index (χ0) is 33.3. The molecule has 1 atom stereocenters. The number of aryl methyl sites for hydroxylation is 1. The summed E-state index contributed by atoms with van der Waals surface area (Å²) in [4.78, 5) is 28.7. The number of benzene rings is 4. The predicted molar refractivity (Wildman–Crippen MR) is 183 cm³/mol. The number of unbranched alkanes of at least 4 members (excludes halogenated alkanes) is 1. The first-order chi connectivity index (χ1) is 22.0. The number of nitrogens with zero attached hydrogens (tertiary/aromatic N) is 2. The molecule has 0 radical (unpaired) electrons. The topological polar surface area (TPSA) is 96.0 Å². The molecular formula is C35H37Cl2N3O5S. The second-order valence-corrected chi connectivity index (χ2v) is 13.5. The summed E-state index contributed by atoms with van der Waals surface area (Å²) in [5.41, 5.74) is 1.77. The zero-order valence-electron chi connectivity index (χ0n) is 26.0. The molecule has 0 aromatic heterocycles. The molecule has 11 heteroatoms. The van der Waals surface area contributed by atoms with E-state index in [-0.39, 0.29) is 23.0 Å². The maximum Gasteiger partial charge on any atom is 0.264 e. The lowest BCUT2D eigenvalue weighted by atomic mass is 10.1. The quantitative estimate of drug-likeness (QED) is 0.138. The fraction of sp³-hybridized carbons (Fsp3) is 0.257. The second-order valence-electron chi connectivity index (χ2n) is 10.8. The normalized spacial score (nSPS) is 11.8. The van der Waals surface area contributed by atoms with Crippen LogP contribution in [-0.4, -0.2) is 44.3 Å². The second kappa shape index (κ2) is 16.0. The number of ether oxygens (including phenoxy) is 1. The molecule has 0 spiro atoms. The number of carbonyl (C=O) groups excluding carboxylic acids is 2. The van der Waals surface area contributed by atoms with Crippen LogP contribution in [0, 0.1) is 6.92 Å². The Hall–Kier alpha value is -4.05. The first-order valence-electron chi connectivity index (χ1n) is 14.9. The Bertz CT molecular complexity index is 1730. The monoisotopic (exact) mass is 681 g/mol. The number of anilines is 1. The van der Waals surface area contributed by atoms with Crippen molar-refractivity contribution < 1.29 is 22.7 Å². The molecule has 0 fully saturated rings. The van der Waals surface area contributed by atoms with E-state index in [2.05, 4.69) is 5.32 Å².